The van der Waals surface area contributed by atoms with Crippen LogP contribution in [0.1, 0.15) is 32.8 Å². The summed E-state index contributed by atoms with van der Waals surface area (Å²) >= 11 is 1.02. The van der Waals surface area contributed by atoms with Gasteiger partial charge in [-0.05, 0) is 42.8 Å². The van der Waals surface area contributed by atoms with Gasteiger partial charge in [-0.25, -0.2) is 4.98 Å². The molecule has 5 nitrogen and oxygen atoms in total. The van der Waals surface area contributed by atoms with Gasteiger partial charge in [0, 0.05) is 25.4 Å². The van der Waals surface area contributed by atoms with Crippen LogP contribution in [0.2, 0.25) is 0 Å². The molecule has 0 spiro atoms. The first-order valence-electron chi connectivity index (χ1n) is 9.12. The number of nitrogens with zero attached hydrogens (tertiary/aromatic N) is 3. The Morgan fingerprint density at radius 2 is 1.87 bits per heavy atom. The van der Waals surface area contributed by atoms with Crippen molar-refractivity contribution in [1.29, 1.82) is 5.26 Å². The molecule has 9 heteroatoms. The van der Waals surface area contributed by atoms with E-state index in [1.54, 1.807) is 63.5 Å². The zero-order chi connectivity index (χ0) is 22.8. The number of hydrogen-bond donors (Lipinski definition) is 0. The number of halogens is 3. The number of furan rings is 1. The van der Waals surface area contributed by atoms with Gasteiger partial charge < -0.3 is 9.32 Å². The lowest BCUT2D eigenvalue weighted by Gasteiger charge is -2.14. The first-order valence-corrected chi connectivity index (χ1v) is 10.1. The fraction of sp³-hybridized carbons (Fsp3) is 0.227. The Hall–Kier alpha value is -3.25. The van der Waals surface area contributed by atoms with Crippen LogP contribution in [0.25, 0.3) is 11.5 Å². The zero-order valence-electron chi connectivity index (χ0n) is 16.9. The van der Waals surface area contributed by atoms with Gasteiger partial charge in [0.1, 0.15) is 22.5 Å². The smallest absolute Gasteiger partial charge is 0.417 e. The van der Waals surface area contributed by atoms with E-state index in [1.165, 1.54) is 4.90 Å². The van der Waals surface area contributed by atoms with Crippen molar-refractivity contribution in [1.82, 2.24) is 9.88 Å². The Morgan fingerprint density at radius 1 is 1.19 bits per heavy atom. The number of hydrogen-bond acceptors (Lipinski definition) is 5. The number of rotatable bonds is 5. The molecule has 0 bridgehead atoms. The Labute approximate surface area is 181 Å². The molecule has 160 valence electrons. The van der Waals surface area contributed by atoms with E-state index < -0.39 is 17.3 Å². The molecule has 0 fully saturated rings. The van der Waals surface area contributed by atoms with E-state index in [-0.39, 0.29) is 28.1 Å². The summed E-state index contributed by atoms with van der Waals surface area (Å²) in [5.74, 6) is 0.858. The Bertz CT molecular complexity index is 1150. The molecular weight excluding hydrogens is 427 g/mol. The molecule has 3 aromatic rings. The molecule has 0 aliphatic heterocycles. The quantitative estimate of drug-likeness (QED) is 0.483. The maximum atomic E-state index is 13.6. The maximum Gasteiger partial charge on any atom is 0.417 e. The van der Waals surface area contributed by atoms with Crippen LogP contribution in [-0.4, -0.2) is 29.9 Å². The monoisotopic (exact) mass is 445 g/mol. The first-order chi connectivity index (χ1) is 14.6. The Morgan fingerprint density at radius 3 is 2.39 bits per heavy atom. The summed E-state index contributed by atoms with van der Waals surface area (Å²) in [4.78, 5) is 17.7. The van der Waals surface area contributed by atoms with Crippen molar-refractivity contribution in [2.24, 2.45) is 0 Å². The summed E-state index contributed by atoms with van der Waals surface area (Å²) in [6, 6.07) is 12.4. The molecule has 0 N–H and O–H groups in total. The van der Waals surface area contributed by atoms with Gasteiger partial charge in [-0.2, -0.15) is 18.4 Å². The van der Waals surface area contributed by atoms with Crippen LogP contribution in [0.15, 0.2) is 51.9 Å². The molecule has 2 aromatic heterocycles. The fourth-order valence-corrected chi connectivity index (χ4v) is 3.77. The molecule has 0 saturated heterocycles. The number of pyridine rings is 1. The van der Waals surface area contributed by atoms with Crippen LogP contribution in [0.4, 0.5) is 13.2 Å². The van der Waals surface area contributed by atoms with E-state index in [9.17, 15) is 23.2 Å². The number of alkyl halides is 3. The van der Waals surface area contributed by atoms with Crippen molar-refractivity contribution in [3.63, 3.8) is 0 Å². The van der Waals surface area contributed by atoms with Crippen LogP contribution in [-0.2, 0) is 11.9 Å². The highest BCUT2D eigenvalue weighted by Crippen LogP contribution is 2.38. The van der Waals surface area contributed by atoms with Crippen LogP contribution >= 0.6 is 11.8 Å². The summed E-state index contributed by atoms with van der Waals surface area (Å²) in [5, 5.41) is 9.37. The first kappa shape index (κ1) is 22.4. The summed E-state index contributed by atoms with van der Waals surface area (Å²) in [6.07, 6.45) is -4.71. The second-order valence-electron chi connectivity index (χ2n) is 6.94. The van der Waals surface area contributed by atoms with Gasteiger partial charge in [0.05, 0.1) is 11.1 Å². The molecule has 1 amide bonds. The summed E-state index contributed by atoms with van der Waals surface area (Å²) in [5.41, 5.74) is -0.288. The average molecular weight is 445 g/mol. The zero-order valence-corrected chi connectivity index (χ0v) is 17.8. The van der Waals surface area contributed by atoms with E-state index in [0.29, 0.717) is 11.3 Å². The number of carbonyl (C=O) groups is 1. The maximum absolute atomic E-state index is 13.6. The highest BCUT2D eigenvalue weighted by molar-refractivity contribution is 7.98. The van der Waals surface area contributed by atoms with Gasteiger partial charge in [0.25, 0.3) is 5.91 Å². The van der Waals surface area contributed by atoms with Gasteiger partial charge >= 0.3 is 6.18 Å². The SMILES string of the molecule is Cc1ccc(-c2cc(C(F)(F)F)c(C#N)c(SCc3ccc(C(=O)N(C)C)cc3)n2)o1. The Balaban J connectivity index is 1.94. The molecule has 3 rings (SSSR count). The molecule has 1 aromatic carbocycles. The highest BCUT2D eigenvalue weighted by Gasteiger charge is 2.36. The molecule has 2 heterocycles. The second-order valence-corrected chi connectivity index (χ2v) is 7.90. The number of amides is 1. The molecule has 0 atom stereocenters. The van der Waals surface area contributed by atoms with Crippen LogP contribution < -0.4 is 0 Å². The molecular formula is C22H18F3N3O2S. The van der Waals surface area contributed by atoms with Gasteiger partial charge in [0.2, 0.25) is 0 Å². The standard InChI is InChI=1S/C22H18F3N3O2S/c1-13-4-9-19(30-13)18-10-17(22(23,24)25)16(11-26)20(27-18)31-12-14-5-7-15(8-6-14)21(29)28(2)3/h4-10H,12H2,1-3H3. The van der Waals surface area contributed by atoms with Crippen molar-refractivity contribution >= 4 is 17.7 Å². The predicted molar refractivity (Wildman–Crippen MR) is 110 cm³/mol. The van der Waals surface area contributed by atoms with Crippen molar-refractivity contribution in [2.45, 2.75) is 23.9 Å². The summed E-state index contributed by atoms with van der Waals surface area (Å²) < 4.78 is 46.3. The van der Waals surface area contributed by atoms with Crippen molar-refractivity contribution in [2.75, 3.05) is 14.1 Å². The minimum atomic E-state index is -4.71. The third-order valence-electron chi connectivity index (χ3n) is 4.38. The average Bonchev–Trinajstić information content (AvgIpc) is 3.17. The topological polar surface area (TPSA) is 70.1 Å². The largest absolute Gasteiger partial charge is 0.460 e. The van der Waals surface area contributed by atoms with Crippen molar-refractivity contribution < 1.29 is 22.4 Å². The van der Waals surface area contributed by atoms with Crippen LogP contribution in [0.3, 0.4) is 0 Å². The number of aromatic nitrogens is 1. The number of benzene rings is 1. The normalized spacial score (nSPS) is 11.3. The van der Waals surface area contributed by atoms with E-state index in [0.717, 1.165) is 23.4 Å². The van der Waals surface area contributed by atoms with Gasteiger partial charge in [-0.15, -0.1) is 11.8 Å². The minimum Gasteiger partial charge on any atom is -0.460 e. The Kier molecular flexibility index (Phi) is 6.41. The summed E-state index contributed by atoms with van der Waals surface area (Å²) in [7, 11) is 3.29. The lowest BCUT2D eigenvalue weighted by Crippen LogP contribution is -2.21. The van der Waals surface area contributed by atoms with Gasteiger partial charge in [-0.1, -0.05) is 12.1 Å². The van der Waals surface area contributed by atoms with E-state index >= 15 is 0 Å². The number of aryl methyl sites for hydroxylation is 1. The predicted octanol–water partition coefficient (Wildman–Crippen LogP) is 5.53. The van der Waals surface area contributed by atoms with E-state index in [4.69, 9.17) is 4.42 Å². The number of carbonyl (C=O) groups excluding carboxylic acids is 1. The van der Waals surface area contributed by atoms with Crippen molar-refractivity contribution in [3.8, 4) is 17.5 Å². The molecule has 0 radical (unpaired) electrons. The van der Waals surface area contributed by atoms with E-state index in [1.807, 2.05) is 0 Å². The number of nitriles is 1. The van der Waals surface area contributed by atoms with Crippen molar-refractivity contribution in [3.05, 3.63) is 70.5 Å². The molecule has 0 aliphatic carbocycles. The minimum absolute atomic E-state index is 0.00820. The van der Waals surface area contributed by atoms with Crippen LogP contribution in [0, 0.1) is 18.3 Å². The van der Waals surface area contributed by atoms with E-state index in [2.05, 4.69) is 4.98 Å². The molecule has 0 unspecified atom stereocenters. The molecule has 0 aliphatic rings. The highest BCUT2D eigenvalue weighted by atomic mass is 32.2. The third-order valence-corrected chi connectivity index (χ3v) is 5.43. The second kappa shape index (κ2) is 8.86. The van der Waals surface area contributed by atoms with Gasteiger partial charge in [0.15, 0.2) is 5.76 Å². The lowest BCUT2D eigenvalue weighted by molar-refractivity contribution is -0.138. The molecule has 0 saturated carbocycles. The molecule has 31 heavy (non-hydrogen) atoms. The fourth-order valence-electron chi connectivity index (χ4n) is 2.81. The summed E-state index contributed by atoms with van der Waals surface area (Å²) in [6.45, 7) is 1.68. The number of thioether (sulfide) groups is 1. The lowest BCUT2D eigenvalue weighted by atomic mass is 10.1. The van der Waals surface area contributed by atoms with Gasteiger partial charge in [-0.3, -0.25) is 4.79 Å². The van der Waals surface area contributed by atoms with Crippen LogP contribution in [0.5, 0.6) is 0 Å². The third kappa shape index (κ3) is 5.09.